The molecule has 0 amide bonds. The topological polar surface area (TPSA) is 90.3 Å². The molecule has 1 aliphatic heterocycles. The van der Waals surface area contributed by atoms with Crippen molar-refractivity contribution >= 4 is 17.6 Å². The van der Waals surface area contributed by atoms with E-state index in [-0.39, 0.29) is 16.9 Å². The van der Waals surface area contributed by atoms with E-state index >= 15 is 0 Å². The summed E-state index contributed by atoms with van der Waals surface area (Å²) in [6.07, 6.45) is 20.6. The number of carbonyl (C=O) groups is 1. The monoisotopic (exact) mass is 604 g/mol. The van der Waals surface area contributed by atoms with Gasteiger partial charge in [-0.05, 0) is 41.8 Å². The van der Waals surface area contributed by atoms with E-state index in [1.165, 1.54) is 83.5 Å². The van der Waals surface area contributed by atoms with Crippen LogP contribution in [0.3, 0.4) is 0 Å². The second-order valence-electron chi connectivity index (χ2n) is 11.9. The molecule has 3 N–H and O–H groups in total. The third-order valence-electron chi connectivity index (χ3n) is 7.75. The van der Waals surface area contributed by atoms with E-state index in [2.05, 4.69) is 20.8 Å². The molecule has 0 aliphatic carbocycles. The first-order chi connectivity index (χ1) is 20.2. The molecule has 1 heterocycles. The van der Waals surface area contributed by atoms with Crippen LogP contribution in [0.4, 0.5) is 0 Å². The summed E-state index contributed by atoms with van der Waals surface area (Å²) in [5.41, 5.74) is 2.10. The van der Waals surface area contributed by atoms with Gasteiger partial charge < -0.3 is 20.1 Å². The number of benzene rings is 2. The van der Waals surface area contributed by atoms with E-state index in [0.717, 1.165) is 30.6 Å². The van der Waals surface area contributed by atoms with E-state index in [1.54, 1.807) is 24.3 Å². The summed E-state index contributed by atoms with van der Waals surface area (Å²) < 4.78 is 4.73. The van der Waals surface area contributed by atoms with Crippen LogP contribution in [-0.4, -0.2) is 39.9 Å². The smallest absolute Gasteiger partial charge is 0.303 e. The number of hydrogen-bond acceptors (Lipinski definition) is 4. The van der Waals surface area contributed by atoms with Crippen molar-refractivity contribution in [3.8, 4) is 11.5 Å². The molecule has 1 saturated heterocycles. The number of aliphatic carboxylic acids is 1. The number of alkyl halides is 1. The molecule has 0 radical (unpaired) electrons. The molecule has 1 aliphatic rings. The number of epoxide rings is 1. The molecular formula is C36H57ClO5. The van der Waals surface area contributed by atoms with Crippen LogP contribution in [0.15, 0.2) is 48.5 Å². The van der Waals surface area contributed by atoms with Crippen molar-refractivity contribution in [3.05, 3.63) is 59.7 Å². The fraction of sp³-hybridized carbons (Fsp3) is 0.639. The molecule has 42 heavy (non-hydrogen) atoms. The van der Waals surface area contributed by atoms with Gasteiger partial charge in [-0.2, -0.15) is 0 Å². The lowest BCUT2D eigenvalue weighted by atomic mass is 9.78. The number of ether oxygens (including phenoxy) is 1. The zero-order valence-corrected chi connectivity index (χ0v) is 27.2. The van der Waals surface area contributed by atoms with Gasteiger partial charge in [0.05, 0.1) is 18.6 Å². The first kappa shape index (κ1) is 37.8. The summed E-state index contributed by atoms with van der Waals surface area (Å²) in [5, 5.41) is 27.1. The van der Waals surface area contributed by atoms with Crippen molar-refractivity contribution in [3.63, 3.8) is 0 Å². The van der Waals surface area contributed by atoms with Crippen LogP contribution in [-0.2, 0) is 14.9 Å². The highest BCUT2D eigenvalue weighted by Gasteiger charge is 2.22. The molecule has 0 spiro atoms. The molecule has 1 fully saturated rings. The summed E-state index contributed by atoms with van der Waals surface area (Å²) in [5.74, 6) is 0.560. The maximum absolute atomic E-state index is 10.3. The molecule has 0 saturated carbocycles. The molecule has 3 rings (SSSR count). The number of aromatic hydroxyl groups is 2. The number of carboxylic acids is 1. The molecule has 1 unspecified atom stereocenters. The Hall–Kier alpha value is -2.24. The normalized spacial score (nSPS) is 13.9. The summed E-state index contributed by atoms with van der Waals surface area (Å²) in [6, 6.07) is 14.4. The first-order valence-electron chi connectivity index (χ1n) is 16.2. The van der Waals surface area contributed by atoms with Crippen molar-refractivity contribution in [2.45, 2.75) is 135 Å². The molecule has 238 valence electrons. The largest absolute Gasteiger partial charge is 0.508 e. The van der Waals surface area contributed by atoms with E-state index in [4.69, 9.17) is 21.4 Å². The quantitative estimate of drug-likeness (QED) is 0.0842. The van der Waals surface area contributed by atoms with E-state index < -0.39 is 5.97 Å². The standard InChI is InChI=1S/C18H36O2.C15H16O2.C3H5ClO/c1-2-3-4-5-6-7-8-9-10-11-12-13-14-15-16-17-18(19)20;1-15(2,11-3-7-13(16)8-4-11)12-5-9-14(17)10-6-12;4-1-3-2-5-3/h2-17H2,1H3,(H,19,20);3-10,16-17H,1-2H3;3H,1-2H2. The second-order valence-corrected chi connectivity index (χ2v) is 12.2. The highest BCUT2D eigenvalue weighted by atomic mass is 35.5. The van der Waals surface area contributed by atoms with Gasteiger partial charge in [-0.25, -0.2) is 0 Å². The second kappa shape index (κ2) is 23.2. The SMILES string of the molecule is CC(C)(c1ccc(O)cc1)c1ccc(O)cc1.CCCCCCCCCCCCCCCCCC(=O)O.ClCC1CO1. The molecule has 2 aromatic carbocycles. The predicted molar refractivity (Wildman–Crippen MR) is 176 cm³/mol. The van der Waals surface area contributed by atoms with Gasteiger partial charge in [0.15, 0.2) is 0 Å². The average Bonchev–Trinajstić information content (AvgIpc) is 3.81. The number of carboxylic acid groups (broad SMARTS) is 1. The maximum atomic E-state index is 10.3. The molecule has 6 heteroatoms. The average molecular weight is 605 g/mol. The van der Waals surface area contributed by atoms with Crippen LogP contribution < -0.4 is 0 Å². The van der Waals surface area contributed by atoms with E-state index in [0.29, 0.717) is 18.4 Å². The lowest BCUT2D eigenvalue weighted by Gasteiger charge is -2.26. The number of phenols is 2. The molecule has 1 atom stereocenters. The maximum Gasteiger partial charge on any atom is 0.303 e. The van der Waals surface area contributed by atoms with Crippen LogP contribution in [0, 0.1) is 0 Å². The zero-order chi connectivity index (χ0) is 31.1. The zero-order valence-electron chi connectivity index (χ0n) is 26.5. The van der Waals surface area contributed by atoms with Crippen LogP contribution in [0.5, 0.6) is 11.5 Å². The Bertz CT molecular complexity index is 875. The van der Waals surface area contributed by atoms with Crippen LogP contribution >= 0.6 is 11.6 Å². The van der Waals surface area contributed by atoms with Crippen molar-refractivity contribution < 1.29 is 24.9 Å². The molecule has 0 bridgehead atoms. The minimum atomic E-state index is -0.653. The van der Waals surface area contributed by atoms with Gasteiger partial charge in [-0.15, -0.1) is 11.6 Å². The summed E-state index contributed by atoms with van der Waals surface area (Å²) in [7, 11) is 0. The minimum absolute atomic E-state index is 0.151. The summed E-state index contributed by atoms with van der Waals surface area (Å²) in [6.45, 7) is 7.38. The van der Waals surface area contributed by atoms with E-state index in [1.807, 2.05) is 24.3 Å². The Balaban J connectivity index is 0.000000361. The van der Waals surface area contributed by atoms with Crippen LogP contribution in [0.25, 0.3) is 0 Å². The molecule has 0 aromatic heterocycles. The van der Waals surface area contributed by atoms with Crippen molar-refractivity contribution in [2.24, 2.45) is 0 Å². The summed E-state index contributed by atoms with van der Waals surface area (Å²) >= 11 is 5.27. The first-order valence-corrected chi connectivity index (χ1v) is 16.7. The Morgan fingerprint density at radius 3 is 1.31 bits per heavy atom. The Labute approximate surface area is 260 Å². The van der Waals surface area contributed by atoms with Gasteiger partial charge in [0.25, 0.3) is 0 Å². The number of rotatable bonds is 19. The molecule has 5 nitrogen and oxygen atoms in total. The lowest BCUT2D eigenvalue weighted by molar-refractivity contribution is -0.137. The van der Waals surface area contributed by atoms with Gasteiger partial charge >= 0.3 is 5.97 Å². The minimum Gasteiger partial charge on any atom is -0.508 e. The summed E-state index contributed by atoms with van der Waals surface area (Å²) in [4.78, 5) is 10.3. The fourth-order valence-corrected chi connectivity index (χ4v) is 4.91. The third kappa shape index (κ3) is 19.0. The highest BCUT2D eigenvalue weighted by molar-refractivity contribution is 6.18. The van der Waals surface area contributed by atoms with Gasteiger partial charge in [0.1, 0.15) is 11.5 Å². The number of unbranched alkanes of at least 4 members (excludes halogenated alkanes) is 14. The Morgan fingerprint density at radius 2 is 1.05 bits per heavy atom. The lowest BCUT2D eigenvalue weighted by Crippen LogP contribution is -2.18. The predicted octanol–water partition coefficient (Wildman–Crippen LogP) is 10.4. The third-order valence-corrected chi connectivity index (χ3v) is 8.09. The van der Waals surface area contributed by atoms with Gasteiger partial charge in [-0.3, -0.25) is 4.79 Å². The van der Waals surface area contributed by atoms with Crippen molar-refractivity contribution in [1.29, 1.82) is 0 Å². The Kier molecular flexibility index (Phi) is 20.9. The Morgan fingerprint density at radius 1 is 0.714 bits per heavy atom. The van der Waals surface area contributed by atoms with Gasteiger partial charge in [-0.1, -0.05) is 135 Å². The number of hydrogen-bond donors (Lipinski definition) is 3. The van der Waals surface area contributed by atoms with Crippen LogP contribution in [0.1, 0.15) is 135 Å². The molecular weight excluding hydrogens is 548 g/mol. The number of halogens is 1. The van der Waals surface area contributed by atoms with Crippen LogP contribution in [0.2, 0.25) is 0 Å². The number of phenolic OH excluding ortho intramolecular Hbond substituents is 2. The fourth-order valence-electron chi connectivity index (χ4n) is 4.73. The van der Waals surface area contributed by atoms with E-state index in [9.17, 15) is 15.0 Å². The highest BCUT2D eigenvalue weighted by Crippen LogP contribution is 2.33. The van der Waals surface area contributed by atoms with Gasteiger partial charge in [0.2, 0.25) is 0 Å². The van der Waals surface area contributed by atoms with Gasteiger partial charge in [0, 0.05) is 11.8 Å². The molecule has 2 aromatic rings. The van der Waals surface area contributed by atoms with Crippen molar-refractivity contribution in [1.82, 2.24) is 0 Å². The van der Waals surface area contributed by atoms with Crippen molar-refractivity contribution in [2.75, 3.05) is 12.5 Å².